The highest BCUT2D eigenvalue weighted by atomic mass is 16.2. The fraction of sp³-hybridized carbons (Fsp3) is 0.529. The molecule has 0 spiro atoms. The summed E-state index contributed by atoms with van der Waals surface area (Å²) in [4.78, 5) is 26.4. The van der Waals surface area contributed by atoms with Crippen molar-refractivity contribution in [2.45, 2.75) is 44.7 Å². The van der Waals surface area contributed by atoms with Gasteiger partial charge in [-0.05, 0) is 30.7 Å². The number of hydrogen-bond acceptors (Lipinski definition) is 2. The van der Waals surface area contributed by atoms with Gasteiger partial charge in [-0.15, -0.1) is 0 Å². The van der Waals surface area contributed by atoms with Crippen molar-refractivity contribution < 1.29 is 9.59 Å². The Morgan fingerprint density at radius 1 is 1.19 bits per heavy atom. The molecule has 3 atom stereocenters. The van der Waals surface area contributed by atoms with Crippen molar-refractivity contribution in [1.82, 2.24) is 10.2 Å². The van der Waals surface area contributed by atoms with Gasteiger partial charge in [0.25, 0.3) is 0 Å². The van der Waals surface area contributed by atoms with Crippen LogP contribution in [0.25, 0.3) is 0 Å². The summed E-state index contributed by atoms with van der Waals surface area (Å²) in [6, 6.07) is 9.70. The van der Waals surface area contributed by atoms with Crippen molar-refractivity contribution in [2.75, 3.05) is 6.54 Å². The highest BCUT2D eigenvalue weighted by Gasteiger charge is 2.38. The van der Waals surface area contributed by atoms with Crippen LogP contribution in [0.3, 0.4) is 0 Å². The molecule has 0 radical (unpaired) electrons. The smallest absolute Gasteiger partial charge is 0.246 e. The number of rotatable bonds is 3. The Hall–Kier alpha value is -1.84. The largest absolute Gasteiger partial charge is 0.342 e. The summed E-state index contributed by atoms with van der Waals surface area (Å²) in [6.45, 7) is 2.44. The number of carbonyl (C=O) groups excluding carboxylic acids is 2. The molecule has 21 heavy (non-hydrogen) atoms. The maximum Gasteiger partial charge on any atom is 0.246 e. The Morgan fingerprint density at radius 2 is 1.95 bits per heavy atom. The topological polar surface area (TPSA) is 49.4 Å². The fourth-order valence-electron chi connectivity index (χ4n) is 3.49. The summed E-state index contributed by atoms with van der Waals surface area (Å²) >= 11 is 0. The summed E-state index contributed by atoms with van der Waals surface area (Å²) < 4.78 is 0. The van der Waals surface area contributed by atoms with E-state index in [1.807, 2.05) is 35.2 Å². The van der Waals surface area contributed by atoms with Crippen molar-refractivity contribution in [3.63, 3.8) is 0 Å². The molecule has 4 nitrogen and oxygen atoms in total. The molecule has 1 saturated heterocycles. The van der Waals surface area contributed by atoms with Gasteiger partial charge in [-0.2, -0.15) is 0 Å². The van der Waals surface area contributed by atoms with Crippen molar-refractivity contribution in [3.05, 3.63) is 35.9 Å². The number of nitrogens with one attached hydrogen (secondary N) is 1. The van der Waals surface area contributed by atoms with Gasteiger partial charge in [-0.3, -0.25) is 9.59 Å². The Labute approximate surface area is 125 Å². The number of piperazine rings is 1. The van der Waals surface area contributed by atoms with Crippen LogP contribution in [-0.2, 0) is 16.0 Å². The Bertz CT molecular complexity index is 529. The van der Waals surface area contributed by atoms with Crippen molar-refractivity contribution in [3.8, 4) is 0 Å². The van der Waals surface area contributed by atoms with E-state index in [1.54, 1.807) is 0 Å². The van der Waals surface area contributed by atoms with E-state index < -0.39 is 6.04 Å². The standard InChI is InChI=1S/C17H22N2O2/c1-12-7-8-14(9-12)19-11-16(20)18-15(17(19)21)10-13-5-3-2-4-6-13/h2-6,12,14-15H,7-11H2,1H3,(H,18,20). The normalized spacial score (nSPS) is 29.6. The Kier molecular flexibility index (Phi) is 3.95. The monoisotopic (exact) mass is 286 g/mol. The van der Waals surface area contributed by atoms with Gasteiger partial charge >= 0.3 is 0 Å². The predicted octanol–water partition coefficient (Wildman–Crippen LogP) is 1.74. The Balaban J connectivity index is 1.72. The predicted molar refractivity (Wildman–Crippen MR) is 80.6 cm³/mol. The molecular weight excluding hydrogens is 264 g/mol. The van der Waals surface area contributed by atoms with E-state index in [-0.39, 0.29) is 24.4 Å². The van der Waals surface area contributed by atoms with Crippen molar-refractivity contribution in [2.24, 2.45) is 5.92 Å². The molecule has 2 fully saturated rings. The minimum atomic E-state index is -0.412. The first-order valence-electron chi connectivity index (χ1n) is 7.77. The summed E-state index contributed by atoms with van der Waals surface area (Å²) in [5.74, 6) is 0.702. The first-order chi connectivity index (χ1) is 10.1. The van der Waals surface area contributed by atoms with Gasteiger partial charge in [-0.25, -0.2) is 0 Å². The maximum absolute atomic E-state index is 12.7. The van der Waals surface area contributed by atoms with Gasteiger partial charge in [0, 0.05) is 12.5 Å². The quantitative estimate of drug-likeness (QED) is 0.920. The third-order valence-electron chi connectivity index (χ3n) is 4.62. The summed E-state index contributed by atoms with van der Waals surface area (Å²) in [5, 5.41) is 2.85. The Morgan fingerprint density at radius 3 is 2.62 bits per heavy atom. The fourth-order valence-corrected chi connectivity index (χ4v) is 3.49. The van der Waals surface area contributed by atoms with Gasteiger partial charge in [0.15, 0.2) is 0 Å². The van der Waals surface area contributed by atoms with Gasteiger partial charge in [0.2, 0.25) is 11.8 Å². The summed E-state index contributed by atoms with van der Waals surface area (Å²) in [6.07, 6.45) is 3.78. The van der Waals surface area contributed by atoms with Crippen molar-refractivity contribution in [1.29, 1.82) is 0 Å². The van der Waals surface area contributed by atoms with Crippen LogP contribution in [0.2, 0.25) is 0 Å². The van der Waals surface area contributed by atoms with E-state index in [9.17, 15) is 9.59 Å². The molecule has 1 aromatic rings. The van der Waals surface area contributed by atoms with Crippen LogP contribution in [0.15, 0.2) is 30.3 Å². The van der Waals surface area contributed by atoms with E-state index in [4.69, 9.17) is 0 Å². The highest BCUT2D eigenvalue weighted by Crippen LogP contribution is 2.30. The second-order valence-electron chi connectivity index (χ2n) is 6.35. The van der Waals surface area contributed by atoms with Gasteiger partial charge in [0.05, 0.1) is 6.54 Å². The van der Waals surface area contributed by atoms with Gasteiger partial charge in [0.1, 0.15) is 6.04 Å². The number of nitrogens with zero attached hydrogens (tertiary/aromatic N) is 1. The van der Waals surface area contributed by atoms with Crippen LogP contribution >= 0.6 is 0 Å². The van der Waals surface area contributed by atoms with E-state index >= 15 is 0 Å². The molecule has 1 aliphatic carbocycles. The van der Waals surface area contributed by atoms with Crippen LogP contribution in [0, 0.1) is 5.92 Å². The van der Waals surface area contributed by atoms with E-state index in [1.165, 1.54) is 0 Å². The molecule has 2 amide bonds. The molecule has 0 bridgehead atoms. The first-order valence-corrected chi connectivity index (χ1v) is 7.77. The summed E-state index contributed by atoms with van der Waals surface area (Å²) in [5.41, 5.74) is 1.08. The van der Waals surface area contributed by atoms with E-state index in [0.29, 0.717) is 12.3 Å². The highest BCUT2D eigenvalue weighted by molar-refractivity contribution is 5.95. The van der Waals surface area contributed by atoms with Gasteiger partial charge in [-0.1, -0.05) is 37.3 Å². The number of hydrogen-bond donors (Lipinski definition) is 1. The molecule has 0 aromatic heterocycles. The lowest BCUT2D eigenvalue weighted by Crippen LogP contribution is -2.60. The van der Waals surface area contributed by atoms with Gasteiger partial charge < -0.3 is 10.2 Å². The molecular formula is C17H22N2O2. The third-order valence-corrected chi connectivity index (χ3v) is 4.62. The zero-order valence-corrected chi connectivity index (χ0v) is 12.4. The number of carbonyl (C=O) groups is 2. The van der Waals surface area contributed by atoms with Crippen LogP contribution < -0.4 is 5.32 Å². The molecule has 3 rings (SSSR count). The van der Waals surface area contributed by atoms with E-state index in [0.717, 1.165) is 24.8 Å². The van der Waals surface area contributed by atoms with Crippen LogP contribution in [0.5, 0.6) is 0 Å². The number of amides is 2. The van der Waals surface area contributed by atoms with Crippen LogP contribution in [0.1, 0.15) is 31.7 Å². The minimum Gasteiger partial charge on any atom is -0.342 e. The molecule has 1 aliphatic heterocycles. The molecule has 1 aromatic carbocycles. The molecule has 112 valence electrons. The van der Waals surface area contributed by atoms with Crippen LogP contribution in [-0.4, -0.2) is 35.3 Å². The van der Waals surface area contributed by atoms with E-state index in [2.05, 4.69) is 12.2 Å². The average Bonchev–Trinajstić information content (AvgIpc) is 2.90. The lowest BCUT2D eigenvalue weighted by Gasteiger charge is -2.36. The SMILES string of the molecule is CC1CCC(N2CC(=O)NC(Cc3ccccc3)C2=O)C1. The maximum atomic E-state index is 12.7. The zero-order valence-electron chi connectivity index (χ0n) is 12.4. The molecule has 1 saturated carbocycles. The van der Waals surface area contributed by atoms with Crippen LogP contribution in [0.4, 0.5) is 0 Å². The second-order valence-corrected chi connectivity index (χ2v) is 6.35. The first kappa shape index (κ1) is 14.1. The molecule has 3 unspecified atom stereocenters. The summed E-state index contributed by atoms with van der Waals surface area (Å²) in [7, 11) is 0. The molecule has 4 heteroatoms. The molecule has 1 N–H and O–H groups in total. The lowest BCUT2D eigenvalue weighted by atomic mass is 10.0. The third kappa shape index (κ3) is 3.09. The second kappa shape index (κ2) is 5.88. The molecule has 2 aliphatic rings. The minimum absolute atomic E-state index is 0.0323. The van der Waals surface area contributed by atoms with Crippen molar-refractivity contribution >= 4 is 11.8 Å². The molecule has 1 heterocycles. The zero-order chi connectivity index (χ0) is 14.8. The number of benzene rings is 1. The lowest BCUT2D eigenvalue weighted by molar-refractivity contribution is -0.146. The average molecular weight is 286 g/mol.